The number of sulfonamides is 1. The number of nitrogens with zero attached hydrogens (tertiary/aromatic N) is 3. The minimum absolute atomic E-state index is 0.0427. The Kier molecular flexibility index (Phi) is 5.71. The molecule has 0 aromatic heterocycles. The summed E-state index contributed by atoms with van der Waals surface area (Å²) in [5.41, 5.74) is 5.32. The van der Waals surface area contributed by atoms with E-state index in [4.69, 9.17) is 10.5 Å². The van der Waals surface area contributed by atoms with Crippen LogP contribution >= 0.6 is 0 Å². The van der Waals surface area contributed by atoms with Gasteiger partial charge in [0.2, 0.25) is 15.9 Å². The minimum atomic E-state index is -3.68. The number of nitro groups is 1. The molecule has 0 bridgehead atoms. The highest BCUT2D eigenvalue weighted by Crippen LogP contribution is 2.31. The van der Waals surface area contributed by atoms with Crippen molar-refractivity contribution >= 4 is 27.3 Å². The molecule has 0 atom stereocenters. The summed E-state index contributed by atoms with van der Waals surface area (Å²) in [6.07, 6.45) is 0. The minimum Gasteiger partial charge on any atom is -0.497 e. The fourth-order valence-electron chi connectivity index (χ4n) is 3.16. The van der Waals surface area contributed by atoms with Crippen LogP contribution in [0.4, 0.5) is 11.4 Å². The van der Waals surface area contributed by atoms with Crippen molar-refractivity contribution in [3.05, 3.63) is 58.1 Å². The number of benzene rings is 2. The van der Waals surface area contributed by atoms with E-state index in [-0.39, 0.29) is 42.3 Å². The van der Waals surface area contributed by atoms with E-state index in [2.05, 4.69) is 0 Å². The lowest BCUT2D eigenvalue weighted by atomic mass is 10.1. The number of amides is 1. The number of methoxy groups -OCH3 is 1. The molecule has 2 aromatic carbocycles. The standard InChI is InChI=1S/C18H20N4O6S/c1-28-14-3-5-15(6-4-14)29(26,27)21-10-8-20(9-11-21)16-7-2-13(18(19)23)12-17(16)22(24)25/h2-7,12H,8-11H2,1H3,(H2,19,23). The van der Waals surface area contributed by atoms with E-state index in [1.807, 2.05) is 0 Å². The van der Waals surface area contributed by atoms with E-state index in [9.17, 15) is 23.3 Å². The first-order valence-corrected chi connectivity index (χ1v) is 10.2. The van der Waals surface area contributed by atoms with Crippen molar-refractivity contribution in [2.24, 2.45) is 5.73 Å². The molecule has 1 fully saturated rings. The molecule has 3 rings (SSSR count). The maximum Gasteiger partial charge on any atom is 0.293 e. The van der Waals surface area contributed by atoms with Crippen LogP contribution in [0.1, 0.15) is 10.4 Å². The van der Waals surface area contributed by atoms with Crippen LogP contribution in [-0.2, 0) is 10.0 Å². The Hall–Kier alpha value is -3.18. The molecule has 1 amide bonds. The zero-order valence-electron chi connectivity index (χ0n) is 15.6. The molecule has 10 nitrogen and oxygen atoms in total. The number of primary amides is 1. The van der Waals surface area contributed by atoms with Gasteiger partial charge in [0.1, 0.15) is 11.4 Å². The second-order valence-electron chi connectivity index (χ2n) is 6.39. The number of hydrogen-bond acceptors (Lipinski definition) is 7. The van der Waals surface area contributed by atoms with Gasteiger partial charge in [-0.15, -0.1) is 0 Å². The van der Waals surface area contributed by atoms with E-state index < -0.39 is 20.9 Å². The Balaban J connectivity index is 1.78. The van der Waals surface area contributed by atoms with Gasteiger partial charge in [0.25, 0.3) is 5.69 Å². The number of ether oxygens (including phenoxy) is 1. The van der Waals surface area contributed by atoms with Crippen LogP contribution in [0.25, 0.3) is 0 Å². The summed E-state index contributed by atoms with van der Waals surface area (Å²) in [6.45, 7) is 0.879. The number of nitrogens with two attached hydrogens (primary N) is 1. The van der Waals surface area contributed by atoms with Crippen molar-refractivity contribution in [1.82, 2.24) is 4.31 Å². The highest BCUT2D eigenvalue weighted by Gasteiger charge is 2.31. The van der Waals surface area contributed by atoms with Crippen LogP contribution in [0.5, 0.6) is 5.75 Å². The number of hydrogen-bond donors (Lipinski definition) is 1. The summed E-state index contributed by atoms with van der Waals surface area (Å²) < 4.78 is 32.1. The summed E-state index contributed by atoms with van der Waals surface area (Å²) in [6, 6.07) is 10.1. The summed E-state index contributed by atoms with van der Waals surface area (Å²) in [5.74, 6) is -0.199. The van der Waals surface area contributed by atoms with Crippen molar-refractivity contribution in [3.8, 4) is 5.75 Å². The Labute approximate surface area is 167 Å². The van der Waals surface area contributed by atoms with Gasteiger partial charge in [0.15, 0.2) is 0 Å². The Morgan fingerprint density at radius 2 is 1.72 bits per heavy atom. The van der Waals surface area contributed by atoms with Crippen molar-refractivity contribution in [2.75, 3.05) is 38.2 Å². The average molecular weight is 420 g/mol. The van der Waals surface area contributed by atoms with Crippen LogP contribution < -0.4 is 15.4 Å². The number of nitro benzene ring substituents is 1. The first-order valence-electron chi connectivity index (χ1n) is 8.71. The first kappa shape index (κ1) is 20.6. The molecule has 0 aliphatic carbocycles. The number of carbonyl (C=O) groups excluding carboxylic acids is 1. The van der Waals surface area contributed by atoms with Crippen molar-refractivity contribution in [3.63, 3.8) is 0 Å². The van der Waals surface area contributed by atoms with Gasteiger partial charge in [-0.2, -0.15) is 4.31 Å². The topological polar surface area (TPSA) is 136 Å². The van der Waals surface area contributed by atoms with E-state index >= 15 is 0 Å². The highest BCUT2D eigenvalue weighted by atomic mass is 32.2. The smallest absolute Gasteiger partial charge is 0.293 e. The average Bonchev–Trinajstić information content (AvgIpc) is 2.73. The normalized spacial score (nSPS) is 15.1. The number of piperazine rings is 1. The molecular formula is C18H20N4O6S. The molecule has 154 valence electrons. The maximum atomic E-state index is 12.8. The lowest BCUT2D eigenvalue weighted by molar-refractivity contribution is -0.384. The molecule has 2 N–H and O–H groups in total. The maximum absolute atomic E-state index is 12.8. The summed E-state index contributed by atoms with van der Waals surface area (Å²) in [7, 11) is -2.18. The van der Waals surface area contributed by atoms with Crippen LogP contribution in [0.2, 0.25) is 0 Å². The van der Waals surface area contributed by atoms with Crippen molar-refractivity contribution < 1.29 is 22.9 Å². The SMILES string of the molecule is COc1ccc(S(=O)(=O)N2CCN(c3ccc(C(N)=O)cc3[N+](=O)[O-])CC2)cc1. The second kappa shape index (κ2) is 8.05. The third kappa shape index (κ3) is 4.15. The van der Waals surface area contributed by atoms with E-state index in [1.165, 1.54) is 35.7 Å². The molecular weight excluding hydrogens is 400 g/mol. The third-order valence-corrected chi connectivity index (χ3v) is 6.65. The van der Waals surface area contributed by atoms with Crippen molar-refractivity contribution in [1.29, 1.82) is 0 Å². The van der Waals surface area contributed by atoms with Crippen LogP contribution in [-0.4, -0.2) is 56.8 Å². The first-order chi connectivity index (χ1) is 13.7. The fraction of sp³-hybridized carbons (Fsp3) is 0.278. The molecule has 1 saturated heterocycles. The van der Waals surface area contributed by atoms with Gasteiger partial charge in [-0.1, -0.05) is 0 Å². The van der Waals surface area contributed by atoms with Crippen LogP contribution in [0.15, 0.2) is 47.4 Å². The van der Waals surface area contributed by atoms with Gasteiger partial charge in [-0.05, 0) is 36.4 Å². The van der Waals surface area contributed by atoms with Crippen LogP contribution in [0, 0.1) is 10.1 Å². The summed E-state index contributed by atoms with van der Waals surface area (Å²) in [5, 5.41) is 11.4. The van der Waals surface area contributed by atoms with Gasteiger partial charge < -0.3 is 15.4 Å². The molecule has 1 aliphatic heterocycles. The van der Waals surface area contributed by atoms with Gasteiger partial charge in [0.05, 0.1) is 16.9 Å². The number of anilines is 1. The number of rotatable bonds is 6. The Bertz CT molecular complexity index is 1030. The molecule has 0 spiro atoms. The predicted octanol–water partition coefficient (Wildman–Crippen LogP) is 1.21. The molecule has 0 saturated carbocycles. The van der Waals surface area contributed by atoms with E-state index in [0.717, 1.165) is 6.07 Å². The van der Waals surface area contributed by atoms with Crippen LogP contribution in [0.3, 0.4) is 0 Å². The quantitative estimate of drug-likeness (QED) is 0.548. The predicted molar refractivity (Wildman–Crippen MR) is 106 cm³/mol. The molecule has 0 radical (unpaired) electrons. The van der Waals surface area contributed by atoms with E-state index in [1.54, 1.807) is 17.0 Å². The zero-order valence-corrected chi connectivity index (χ0v) is 16.5. The third-order valence-electron chi connectivity index (χ3n) is 4.73. The molecule has 1 heterocycles. The Morgan fingerprint density at radius 1 is 1.10 bits per heavy atom. The number of carbonyl (C=O) groups is 1. The van der Waals surface area contributed by atoms with Crippen molar-refractivity contribution in [2.45, 2.75) is 4.90 Å². The highest BCUT2D eigenvalue weighted by molar-refractivity contribution is 7.89. The van der Waals surface area contributed by atoms with Gasteiger partial charge in [-0.25, -0.2) is 8.42 Å². The molecule has 2 aromatic rings. The zero-order chi connectivity index (χ0) is 21.2. The lowest BCUT2D eigenvalue weighted by Gasteiger charge is -2.35. The monoisotopic (exact) mass is 420 g/mol. The molecule has 29 heavy (non-hydrogen) atoms. The Morgan fingerprint density at radius 3 is 2.24 bits per heavy atom. The lowest BCUT2D eigenvalue weighted by Crippen LogP contribution is -2.48. The molecule has 1 aliphatic rings. The largest absolute Gasteiger partial charge is 0.497 e. The van der Waals surface area contributed by atoms with Gasteiger partial charge in [0, 0.05) is 37.8 Å². The molecule has 0 unspecified atom stereocenters. The molecule has 11 heteroatoms. The summed E-state index contributed by atoms with van der Waals surface area (Å²) in [4.78, 5) is 24.0. The van der Waals surface area contributed by atoms with Gasteiger partial charge >= 0.3 is 0 Å². The van der Waals surface area contributed by atoms with Gasteiger partial charge in [-0.3, -0.25) is 14.9 Å². The summed E-state index contributed by atoms with van der Waals surface area (Å²) >= 11 is 0. The second-order valence-corrected chi connectivity index (χ2v) is 8.33. The fourth-order valence-corrected chi connectivity index (χ4v) is 4.58. The van der Waals surface area contributed by atoms with E-state index in [0.29, 0.717) is 11.4 Å².